The molecule has 31 heavy (non-hydrogen) atoms. The van der Waals surface area contributed by atoms with Crippen molar-refractivity contribution < 1.29 is 19.1 Å². The highest BCUT2D eigenvalue weighted by atomic mass is 32.2. The normalized spacial score (nSPS) is 10.4. The standard InChI is InChI=1S/C21H20N4O4S2/c1-12-4-5-15(10-13(12)2)18(27)23-20-24-25-21(31-20)30-11-17(26)22-16-8-6-14(7-9-16)19(28)29-3/h4-10H,11H2,1-3H3,(H,22,26)(H,23,24,27). The van der Waals surface area contributed by atoms with Gasteiger partial charge >= 0.3 is 5.97 Å². The molecule has 0 saturated carbocycles. The van der Waals surface area contributed by atoms with Gasteiger partial charge in [-0.2, -0.15) is 0 Å². The summed E-state index contributed by atoms with van der Waals surface area (Å²) in [7, 11) is 1.31. The van der Waals surface area contributed by atoms with Gasteiger partial charge in [-0.25, -0.2) is 4.79 Å². The van der Waals surface area contributed by atoms with Crippen LogP contribution in [0.15, 0.2) is 46.8 Å². The Balaban J connectivity index is 1.50. The summed E-state index contributed by atoms with van der Waals surface area (Å²) in [5.41, 5.74) is 3.66. The van der Waals surface area contributed by atoms with Gasteiger partial charge in [0.25, 0.3) is 5.91 Å². The van der Waals surface area contributed by atoms with Crippen LogP contribution in [0, 0.1) is 13.8 Å². The molecule has 0 unspecified atom stereocenters. The first kappa shape index (κ1) is 22.4. The molecule has 2 amide bonds. The number of benzene rings is 2. The van der Waals surface area contributed by atoms with Gasteiger partial charge in [-0.15, -0.1) is 10.2 Å². The van der Waals surface area contributed by atoms with Gasteiger partial charge in [0.05, 0.1) is 18.4 Å². The third-order valence-electron chi connectivity index (χ3n) is 4.31. The molecule has 0 saturated heterocycles. The average molecular weight is 457 g/mol. The lowest BCUT2D eigenvalue weighted by atomic mass is 10.1. The van der Waals surface area contributed by atoms with Crippen LogP contribution in [0.1, 0.15) is 31.8 Å². The third-order valence-corrected chi connectivity index (χ3v) is 6.28. The van der Waals surface area contributed by atoms with Crippen LogP contribution in [0.3, 0.4) is 0 Å². The first-order valence-electron chi connectivity index (χ1n) is 9.19. The molecule has 0 aliphatic carbocycles. The third kappa shape index (κ3) is 6.12. The lowest BCUT2D eigenvalue weighted by Gasteiger charge is -2.05. The summed E-state index contributed by atoms with van der Waals surface area (Å²) in [6.07, 6.45) is 0. The first-order valence-corrected chi connectivity index (χ1v) is 11.0. The van der Waals surface area contributed by atoms with E-state index >= 15 is 0 Å². The van der Waals surface area contributed by atoms with Gasteiger partial charge in [-0.05, 0) is 61.4 Å². The van der Waals surface area contributed by atoms with Crippen molar-refractivity contribution in [1.29, 1.82) is 0 Å². The highest BCUT2D eigenvalue weighted by Gasteiger charge is 2.13. The van der Waals surface area contributed by atoms with Crippen LogP contribution in [0.25, 0.3) is 0 Å². The molecule has 8 nitrogen and oxygen atoms in total. The fourth-order valence-corrected chi connectivity index (χ4v) is 4.05. The van der Waals surface area contributed by atoms with Gasteiger partial charge < -0.3 is 10.1 Å². The second-order valence-electron chi connectivity index (χ2n) is 6.53. The minimum atomic E-state index is -0.440. The lowest BCUT2D eigenvalue weighted by molar-refractivity contribution is -0.113. The Kier molecular flexibility index (Phi) is 7.37. The molecule has 2 N–H and O–H groups in total. The van der Waals surface area contributed by atoms with E-state index in [4.69, 9.17) is 0 Å². The Morgan fingerprint density at radius 1 is 0.968 bits per heavy atom. The van der Waals surface area contributed by atoms with Gasteiger partial charge in [0.1, 0.15) is 0 Å². The van der Waals surface area contributed by atoms with Crippen molar-refractivity contribution in [3.63, 3.8) is 0 Å². The summed E-state index contributed by atoms with van der Waals surface area (Å²) in [5, 5.41) is 13.8. The van der Waals surface area contributed by atoms with Crippen molar-refractivity contribution in [2.45, 2.75) is 18.2 Å². The molecule has 2 aromatic carbocycles. The molecule has 0 aliphatic heterocycles. The van der Waals surface area contributed by atoms with Crippen LogP contribution in [0.4, 0.5) is 10.8 Å². The van der Waals surface area contributed by atoms with Crippen LogP contribution >= 0.6 is 23.1 Å². The highest BCUT2D eigenvalue weighted by Crippen LogP contribution is 2.26. The minimum Gasteiger partial charge on any atom is -0.465 e. The molecule has 1 aromatic heterocycles. The average Bonchev–Trinajstić information content (AvgIpc) is 3.21. The molecular formula is C21H20N4O4S2. The molecule has 0 bridgehead atoms. The largest absolute Gasteiger partial charge is 0.465 e. The maximum Gasteiger partial charge on any atom is 0.337 e. The maximum absolute atomic E-state index is 12.4. The Morgan fingerprint density at radius 3 is 2.35 bits per heavy atom. The number of esters is 1. The number of nitrogens with one attached hydrogen (secondary N) is 2. The van der Waals surface area contributed by atoms with Crippen molar-refractivity contribution in [2.75, 3.05) is 23.5 Å². The predicted octanol–water partition coefficient (Wildman–Crippen LogP) is 3.92. The molecule has 0 atom stereocenters. The molecule has 0 aliphatic rings. The van der Waals surface area contributed by atoms with E-state index in [2.05, 4.69) is 25.6 Å². The van der Waals surface area contributed by atoms with E-state index in [1.165, 1.54) is 30.2 Å². The van der Waals surface area contributed by atoms with Gasteiger partial charge in [0.2, 0.25) is 11.0 Å². The number of carbonyl (C=O) groups is 3. The van der Waals surface area contributed by atoms with E-state index in [-0.39, 0.29) is 17.6 Å². The smallest absolute Gasteiger partial charge is 0.337 e. The van der Waals surface area contributed by atoms with Crippen LogP contribution in [-0.2, 0) is 9.53 Å². The van der Waals surface area contributed by atoms with Crippen molar-refractivity contribution >= 4 is 51.7 Å². The SMILES string of the molecule is COC(=O)c1ccc(NC(=O)CSc2nnc(NC(=O)c3ccc(C)c(C)c3)s2)cc1. The van der Waals surface area contributed by atoms with Gasteiger partial charge in [-0.1, -0.05) is 29.2 Å². The van der Waals surface area contributed by atoms with E-state index in [1.54, 1.807) is 30.3 Å². The zero-order valence-corrected chi connectivity index (χ0v) is 18.7. The maximum atomic E-state index is 12.4. The Labute approximate surface area is 187 Å². The molecular weight excluding hydrogens is 436 g/mol. The molecule has 0 radical (unpaired) electrons. The summed E-state index contributed by atoms with van der Waals surface area (Å²) >= 11 is 2.41. The number of methoxy groups -OCH3 is 1. The van der Waals surface area contributed by atoms with E-state index < -0.39 is 5.97 Å². The number of nitrogens with zero attached hydrogens (tertiary/aromatic N) is 2. The quantitative estimate of drug-likeness (QED) is 0.315. The molecule has 3 rings (SSSR count). The van der Waals surface area contributed by atoms with Crippen molar-refractivity contribution in [3.05, 3.63) is 64.7 Å². The number of anilines is 2. The monoisotopic (exact) mass is 456 g/mol. The van der Waals surface area contributed by atoms with Gasteiger partial charge in [-0.3, -0.25) is 14.9 Å². The zero-order chi connectivity index (χ0) is 22.4. The van der Waals surface area contributed by atoms with E-state index in [0.717, 1.165) is 11.1 Å². The number of aryl methyl sites for hydroxylation is 2. The first-order chi connectivity index (χ1) is 14.9. The van der Waals surface area contributed by atoms with Crippen LogP contribution in [0.5, 0.6) is 0 Å². The fraction of sp³-hybridized carbons (Fsp3) is 0.190. The van der Waals surface area contributed by atoms with E-state index in [1.807, 2.05) is 26.0 Å². The number of hydrogen-bond acceptors (Lipinski definition) is 8. The van der Waals surface area contributed by atoms with Crippen molar-refractivity contribution in [2.24, 2.45) is 0 Å². The number of ether oxygens (including phenoxy) is 1. The summed E-state index contributed by atoms with van der Waals surface area (Å²) in [6, 6.07) is 11.9. The van der Waals surface area contributed by atoms with Crippen LogP contribution in [-0.4, -0.2) is 40.8 Å². The lowest BCUT2D eigenvalue weighted by Crippen LogP contribution is -2.14. The number of aromatic nitrogens is 2. The van der Waals surface area contributed by atoms with Gasteiger partial charge in [0, 0.05) is 11.3 Å². The minimum absolute atomic E-state index is 0.124. The number of rotatable bonds is 7. The van der Waals surface area contributed by atoms with E-state index in [0.29, 0.717) is 26.3 Å². The zero-order valence-electron chi connectivity index (χ0n) is 17.1. The topological polar surface area (TPSA) is 110 Å². The second kappa shape index (κ2) is 10.2. The number of thioether (sulfide) groups is 1. The van der Waals surface area contributed by atoms with Crippen molar-refractivity contribution in [1.82, 2.24) is 10.2 Å². The predicted molar refractivity (Wildman–Crippen MR) is 121 cm³/mol. The van der Waals surface area contributed by atoms with E-state index in [9.17, 15) is 14.4 Å². The molecule has 3 aromatic rings. The molecule has 0 fully saturated rings. The Morgan fingerprint density at radius 2 is 1.68 bits per heavy atom. The molecule has 160 valence electrons. The molecule has 0 spiro atoms. The second-order valence-corrected chi connectivity index (χ2v) is 8.73. The van der Waals surface area contributed by atoms with Crippen molar-refractivity contribution in [3.8, 4) is 0 Å². The van der Waals surface area contributed by atoms with Gasteiger partial charge in [0.15, 0.2) is 4.34 Å². The summed E-state index contributed by atoms with van der Waals surface area (Å²) < 4.78 is 5.20. The highest BCUT2D eigenvalue weighted by molar-refractivity contribution is 8.01. The summed E-state index contributed by atoms with van der Waals surface area (Å²) in [4.78, 5) is 36.0. The fourth-order valence-electron chi connectivity index (χ4n) is 2.50. The Bertz CT molecular complexity index is 1110. The number of carbonyl (C=O) groups excluding carboxylic acids is 3. The summed E-state index contributed by atoms with van der Waals surface area (Å²) in [6.45, 7) is 3.93. The summed E-state index contributed by atoms with van der Waals surface area (Å²) in [5.74, 6) is -0.806. The molecule has 1 heterocycles. The molecule has 10 heteroatoms. The number of amides is 2. The Hall–Kier alpha value is -3.24. The van der Waals surface area contributed by atoms with Crippen LogP contribution < -0.4 is 10.6 Å². The number of hydrogen-bond donors (Lipinski definition) is 2. The van der Waals surface area contributed by atoms with Crippen LogP contribution in [0.2, 0.25) is 0 Å².